The van der Waals surface area contributed by atoms with Crippen LogP contribution in [0.4, 0.5) is 0 Å². The number of furan rings is 1. The molecule has 0 radical (unpaired) electrons. The van der Waals surface area contributed by atoms with E-state index in [0.717, 1.165) is 19.9 Å². The van der Waals surface area contributed by atoms with Gasteiger partial charge < -0.3 is 4.42 Å². The zero-order valence-corrected chi connectivity index (χ0v) is 9.57. The summed E-state index contributed by atoms with van der Waals surface area (Å²) in [6.07, 6.45) is 1.70. The van der Waals surface area contributed by atoms with Gasteiger partial charge in [0, 0.05) is 9.86 Å². The Hall–Kier alpha value is -0.280. The fourth-order valence-electron chi connectivity index (χ4n) is 1.20. The molecule has 0 atom stereocenters. The standard InChI is InChI=1S/C9H6Br2O/c1-5-6-2-3-12-9(6)8(11)4-7(5)10/h2-4H,1H3. The third-order valence-electron chi connectivity index (χ3n) is 1.90. The van der Waals surface area contributed by atoms with Crippen molar-refractivity contribution in [2.24, 2.45) is 0 Å². The van der Waals surface area contributed by atoms with E-state index in [1.807, 2.05) is 12.1 Å². The SMILES string of the molecule is Cc1c(Br)cc(Br)c2occc12. The molecule has 0 saturated carbocycles. The van der Waals surface area contributed by atoms with Crippen LogP contribution < -0.4 is 0 Å². The Labute approximate surface area is 87.0 Å². The highest BCUT2D eigenvalue weighted by Crippen LogP contribution is 2.32. The monoisotopic (exact) mass is 288 g/mol. The Bertz CT molecular complexity index is 431. The maximum Gasteiger partial charge on any atom is 0.148 e. The summed E-state index contributed by atoms with van der Waals surface area (Å²) >= 11 is 6.92. The lowest BCUT2D eigenvalue weighted by atomic mass is 10.1. The van der Waals surface area contributed by atoms with E-state index in [-0.39, 0.29) is 0 Å². The van der Waals surface area contributed by atoms with Crippen LogP contribution >= 0.6 is 31.9 Å². The number of rotatable bonds is 0. The minimum absolute atomic E-state index is 0.913. The fraction of sp³-hybridized carbons (Fsp3) is 0.111. The predicted molar refractivity (Wildman–Crippen MR) is 56.4 cm³/mol. The van der Waals surface area contributed by atoms with Crippen LogP contribution in [-0.4, -0.2) is 0 Å². The summed E-state index contributed by atoms with van der Waals surface area (Å²) in [6.45, 7) is 2.06. The Morgan fingerprint density at radius 3 is 2.75 bits per heavy atom. The van der Waals surface area contributed by atoms with Crippen molar-refractivity contribution in [3.63, 3.8) is 0 Å². The van der Waals surface area contributed by atoms with Crippen LogP contribution in [-0.2, 0) is 0 Å². The van der Waals surface area contributed by atoms with Crippen LogP contribution in [0.2, 0.25) is 0 Å². The third-order valence-corrected chi connectivity index (χ3v) is 3.31. The second kappa shape index (κ2) is 2.89. The number of halogens is 2. The zero-order valence-electron chi connectivity index (χ0n) is 6.40. The number of hydrogen-bond acceptors (Lipinski definition) is 1. The predicted octanol–water partition coefficient (Wildman–Crippen LogP) is 4.27. The smallest absolute Gasteiger partial charge is 0.148 e. The summed E-state index contributed by atoms with van der Waals surface area (Å²) in [5, 5.41) is 1.15. The highest BCUT2D eigenvalue weighted by molar-refractivity contribution is 9.11. The summed E-state index contributed by atoms with van der Waals surface area (Å²) in [5.74, 6) is 0. The molecule has 1 aromatic heterocycles. The Morgan fingerprint density at radius 1 is 1.25 bits per heavy atom. The van der Waals surface area contributed by atoms with Gasteiger partial charge in [0.25, 0.3) is 0 Å². The van der Waals surface area contributed by atoms with Crippen molar-refractivity contribution >= 4 is 42.8 Å². The Morgan fingerprint density at radius 2 is 2.00 bits per heavy atom. The summed E-state index contributed by atoms with van der Waals surface area (Å²) in [5.41, 5.74) is 2.12. The normalized spacial score (nSPS) is 10.9. The molecule has 0 N–H and O–H groups in total. The molecule has 62 valence electrons. The second-order valence-electron chi connectivity index (χ2n) is 2.63. The molecule has 0 saturated heterocycles. The van der Waals surface area contributed by atoms with Crippen LogP contribution in [0.1, 0.15) is 5.56 Å². The largest absolute Gasteiger partial charge is 0.463 e. The molecule has 2 aromatic rings. The molecule has 0 spiro atoms. The molecule has 2 rings (SSSR count). The molecule has 0 unspecified atom stereocenters. The van der Waals surface area contributed by atoms with Gasteiger partial charge in [-0.05, 0) is 40.5 Å². The Kier molecular flexibility index (Phi) is 2.00. The van der Waals surface area contributed by atoms with E-state index >= 15 is 0 Å². The van der Waals surface area contributed by atoms with Gasteiger partial charge in [0.05, 0.1) is 10.7 Å². The van der Waals surface area contributed by atoms with Crippen LogP contribution in [0.15, 0.2) is 31.8 Å². The van der Waals surface area contributed by atoms with Crippen LogP contribution in [0.25, 0.3) is 11.0 Å². The first kappa shape index (κ1) is 8.32. The van der Waals surface area contributed by atoms with Crippen molar-refractivity contribution in [1.29, 1.82) is 0 Å². The first-order valence-electron chi connectivity index (χ1n) is 3.52. The molecule has 1 heterocycles. The lowest BCUT2D eigenvalue weighted by Gasteiger charge is -2.00. The number of hydrogen-bond donors (Lipinski definition) is 0. The van der Waals surface area contributed by atoms with E-state index in [0.29, 0.717) is 0 Å². The van der Waals surface area contributed by atoms with Crippen LogP contribution in [0.5, 0.6) is 0 Å². The number of fused-ring (bicyclic) bond motifs is 1. The van der Waals surface area contributed by atoms with E-state index in [1.54, 1.807) is 6.26 Å². The van der Waals surface area contributed by atoms with Crippen molar-refractivity contribution in [3.8, 4) is 0 Å². The van der Waals surface area contributed by atoms with Gasteiger partial charge in [-0.25, -0.2) is 0 Å². The van der Waals surface area contributed by atoms with Gasteiger partial charge in [-0.15, -0.1) is 0 Å². The van der Waals surface area contributed by atoms with Crippen molar-refractivity contribution in [3.05, 3.63) is 32.9 Å². The van der Waals surface area contributed by atoms with Gasteiger partial charge in [0.15, 0.2) is 0 Å². The molecule has 0 fully saturated rings. The summed E-state index contributed by atoms with van der Waals surface area (Å²) < 4.78 is 7.40. The molecule has 0 amide bonds. The lowest BCUT2D eigenvalue weighted by Crippen LogP contribution is -1.77. The first-order chi connectivity index (χ1) is 5.70. The van der Waals surface area contributed by atoms with Gasteiger partial charge in [-0.1, -0.05) is 15.9 Å². The molecule has 3 heteroatoms. The van der Waals surface area contributed by atoms with Crippen molar-refractivity contribution in [2.45, 2.75) is 6.92 Å². The van der Waals surface area contributed by atoms with E-state index in [2.05, 4.69) is 38.8 Å². The summed E-state index contributed by atoms with van der Waals surface area (Å²) in [4.78, 5) is 0. The van der Waals surface area contributed by atoms with E-state index in [1.165, 1.54) is 5.56 Å². The quantitative estimate of drug-likeness (QED) is 0.706. The molecule has 1 aromatic carbocycles. The van der Waals surface area contributed by atoms with Crippen molar-refractivity contribution < 1.29 is 4.42 Å². The van der Waals surface area contributed by atoms with Gasteiger partial charge in [-0.3, -0.25) is 0 Å². The third kappa shape index (κ3) is 1.12. The number of aryl methyl sites for hydroxylation is 1. The minimum Gasteiger partial charge on any atom is -0.463 e. The topological polar surface area (TPSA) is 13.1 Å². The van der Waals surface area contributed by atoms with Crippen molar-refractivity contribution in [2.75, 3.05) is 0 Å². The molecular weight excluding hydrogens is 284 g/mol. The second-order valence-corrected chi connectivity index (χ2v) is 4.34. The molecule has 12 heavy (non-hydrogen) atoms. The first-order valence-corrected chi connectivity index (χ1v) is 5.10. The lowest BCUT2D eigenvalue weighted by molar-refractivity contribution is 0.614. The van der Waals surface area contributed by atoms with Crippen molar-refractivity contribution in [1.82, 2.24) is 0 Å². The molecule has 1 nitrogen and oxygen atoms in total. The molecule has 0 aliphatic heterocycles. The maximum atomic E-state index is 5.32. The molecule has 0 aliphatic carbocycles. The molecule has 0 bridgehead atoms. The van der Waals surface area contributed by atoms with Crippen LogP contribution in [0.3, 0.4) is 0 Å². The highest BCUT2D eigenvalue weighted by atomic mass is 79.9. The summed E-state index contributed by atoms with van der Waals surface area (Å²) in [6, 6.07) is 3.97. The van der Waals surface area contributed by atoms with Crippen LogP contribution in [0, 0.1) is 6.92 Å². The average molecular weight is 290 g/mol. The molecular formula is C9H6Br2O. The summed E-state index contributed by atoms with van der Waals surface area (Å²) in [7, 11) is 0. The van der Waals surface area contributed by atoms with Gasteiger partial charge in [-0.2, -0.15) is 0 Å². The van der Waals surface area contributed by atoms with Gasteiger partial charge in [0.1, 0.15) is 5.58 Å². The average Bonchev–Trinajstić information content (AvgIpc) is 2.48. The fourth-order valence-corrected chi connectivity index (χ4v) is 2.49. The maximum absolute atomic E-state index is 5.32. The number of benzene rings is 1. The minimum atomic E-state index is 0.913. The van der Waals surface area contributed by atoms with Gasteiger partial charge in [0.2, 0.25) is 0 Å². The molecule has 0 aliphatic rings. The van der Waals surface area contributed by atoms with E-state index in [9.17, 15) is 0 Å². The van der Waals surface area contributed by atoms with E-state index in [4.69, 9.17) is 4.42 Å². The Balaban J connectivity index is 2.97. The van der Waals surface area contributed by atoms with Gasteiger partial charge >= 0.3 is 0 Å². The van der Waals surface area contributed by atoms with E-state index < -0.39 is 0 Å². The highest BCUT2D eigenvalue weighted by Gasteiger charge is 2.07. The zero-order chi connectivity index (χ0) is 8.72.